The zero-order chi connectivity index (χ0) is 12.5. The fourth-order valence-corrected chi connectivity index (χ4v) is 1.71. The Hall–Kier alpha value is -1.94. The van der Waals surface area contributed by atoms with Crippen molar-refractivity contribution >= 4 is 16.9 Å². The molecule has 0 bridgehead atoms. The molecular weight excluding hydrogens is 216 g/mol. The number of hydrogen-bond donors (Lipinski definition) is 2. The fraction of sp³-hybridized carbons (Fsp3) is 0.231. The molecule has 0 aliphatic heterocycles. The number of nitrogens with zero attached hydrogens (tertiary/aromatic N) is 1. The SMILES string of the molecule is CC(N)(Cc1cnc2ccccc2c1)C(=O)O. The van der Waals surface area contributed by atoms with Crippen molar-refractivity contribution in [2.75, 3.05) is 0 Å². The van der Waals surface area contributed by atoms with Gasteiger partial charge >= 0.3 is 5.97 Å². The lowest BCUT2D eigenvalue weighted by Crippen LogP contribution is -2.46. The van der Waals surface area contributed by atoms with E-state index in [4.69, 9.17) is 10.8 Å². The van der Waals surface area contributed by atoms with Gasteiger partial charge in [0.05, 0.1) is 5.52 Å². The summed E-state index contributed by atoms with van der Waals surface area (Å²) < 4.78 is 0. The molecular formula is C13H14N2O2. The number of para-hydroxylation sites is 1. The summed E-state index contributed by atoms with van der Waals surface area (Å²) in [6.07, 6.45) is 1.94. The topological polar surface area (TPSA) is 76.2 Å². The summed E-state index contributed by atoms with van der Waals surface area (Å²) in [5.74, 6) is -1.01. The maximum Gasteiger partial charge on any atom is 0.323 e. The Morgan fingerprint density at radius 2 is 2.18 bits per heavy atom. The second kappa shape index (κ2) is 4.14. The standard InChI is InChI=1S/C13H14N2O2/c1-13(14,12(16)17)7-9-6-10-4-2-3-5-11(10)15-8-9/h2-6,8H,7,14H2,1H3,(H,16,17). The molecule has 1 aromatic heterocycles. The Morgan fingerprint density at radius 3 is 2.88 bits per heavy atom. The third-order valence-electron chi connectivity index (χ3n) is 2.71. The van der Waals surface area contributed by atoms with Gasteiger partial charge in [-0.15, -0.1) is 0 Å². The first-order valence-electron chi connectivity index (χ1n) is 5.35. The summed E-state index contributed by atoms with van der Waals surface area (Å²) in [7, 11) is 0. The van der Waals surface area contributed by atoms with Gasteiger partial charge in [-0.3, -0.25) is 9.78 Å². The van der Waals surface area contributed by atoms with Crippen molar-refractivity contribution in [2.45, 2.75) is 18.9 Å². The first-order valence-corrected chi connectivity index (χ1v) is 5.35. The number of pyridine rings is 1. The van der Waals surface area contributed by atoms with Crippen LogP contribution in [-0.4, -0.2) is 21.6 Å². The summed E-state index contributed by atoms with van der Waals surface area (Å²) in [6, 6.07) is 9.63. The summed E-state index contributed by atoms with van der Waals surface area (Å²) >= 11 is 0. The Bertz CT molecular complexity index is 564. The van der Waals surface area contributed by atoms with Crippen LogP contribution in [-0.2, 0) is 11.2 Å². The number of fused-ring (bicyclic) bond motifs is 1. The molecule has 88 valence electrons. The molecule has 0 fully saturated rings. The average Bonchev–Trinajstić information content (AvgIpc) is 2.28. The number of carboxylic acid groups (broad SMARTS) is 1. The van der Waals surface area contributed by atoms with E-state index in [1.54, 1.807) is 6.20 Å². The van der Waals surface area contributed by atoms with Gasteiger partial charge in [0.15, 0.2) is 0 Å². The third kappa shape index (κ3) is 2.42. The normalized spacial score (nSPS) is 14.5. The van der Waals surface area contributed by atoms with E-state index in [2.05, 4.69) is 4.98 Å². The molecule has 4 nitrogen and oxygen atoms in total. The van der Waals surface area contributed by atoms with E-state index in [1.165, 1.54) is 6.92 Å². The number of aromatic nitrogens is 1. The van der Waals surface area contributed by atoms with Crippen LogP contribution < -0.4 is 5.73 Å². The van der Waals surface area contributed by atoms with Crippen LogP contribution in [0.1, 0.15) is 12.5 Å². The van der Waals surface area contributed by atoms with E-state index in [0.717, 1.165) is 16.5 Å². The molecule has 1 unspecified atom stereocenters. The molecule has 4 heteroatoms. The molecule has 0 saturated heterocycles. The molecule has 0 aliphatic rings. The lowest BCUT2D eigenvalue weighted by Gasteiger charge is -2.18. The summed E-state index contributed by atoms with van der Waals surface area (Å²) in [6.45, 7) is 1.50. The molecule has 2 aromatic rings. The fourth-order valence-electron chi connectivity index (χ4n) is 1.71. The average molecular weight is 230 g/mol. The minimum Gasteiger partial charge on any atom is -0.480 e. The lowest BCUT2D eigenvalue weighted by molar-refractivity contribution is -0.142. The van der Waals surface area contributed by atoms with Gasteiger partial charge < -0.3 is 10.8 Å². The van der Waals surface area contributed by atoms with Crippen molar-refractivity contribution in [3.05, 3.63) is 42.1 Å². The van der Waals surface area contributed by atoms with Crippen LogP contribution in [0.15, 0.2) is 36.5 Å². The predicted molar refractivity (Wildman–Crippen MR) is 65.7 cm³/mol. The molecule has 0 aliphatic carbocycles. The first kappa shape index (κ1) is 11.5. The smallest absolute Gasteiger partial charge is 0.323 e. The number of benzene rings is 1. The highest BCUT2D eigenvalue weighted by Crippen LogP contribution is 2.16. The van der Waals surface area contributed by atoms with Gasteiger partial charge in [-0.1, -0.05) is 18.2 Å². The van der Waals surface area contributed by atoms with Gasteiger partial charge in [0.1, 0.15) is 5.54 Å². The third-order valence-corrected chi connectivity index (χ3v) is 2.71. The van der Waals surface area contributed by atoms with Crippen LogP contribution in [0, 0.1) is 0 Å². The van der Waals surface area contributed by atoms with Gasteiger partial charge in [-0.2, -0.15) is 0 Å². The summed E-state index contributed by atoms with van der Waals surface area (Å²) in [5, 5.41) is 9.96. The molecule has 1 aromatic carbocycles. The van der Waals surface area contributed by atoms with Crippen LogP contribution >= 0.6 is 0 Å². The van der Waals surface area contributed by atoms with E-state index in [1.807, 2.05) is 30.3 Å². The second-order valence-corrected chi connectivity index (χ2v) is 4.44. The number of hydrogen-bond acceptors (Lipinski definition) is 3. The van der Waals surface area contributed by atoms with E-state index in [9.17, 15) is 4.79 Å². The largest absolute Gasteiger partial charge is 0.480 e. The Kier molecular flexibility index (Phi) is 2.81. The molecule has 2 rings (SSSR count). The van der Waals surface area contributed by atoms with E-state index >= 15 is 0 Å². The molecule has 0 amide bonds. The molecule has 3 N–H and O–H groups in total. The predicted octanol–water partition coefficient (Wildman–Crippen LogP) is 1.58. The van der Waals surface area contributed by atoms with E-state index in [-0.39, 0.29) is 6.42 Å². The van der Waals surface area contributed by atoms with Crippen molar-refractivity contribution in [1.82, 2.24) is 4.98 Å². The van der Waals surface area contributed by atoms with E-state index < -0.39 is 11.5 Å². The second-order valence-electron chi connectivity index (χ2n) is 4.44. The highest BCUT2D eigenvalue weighted by Gasteiger charge is 2.28. The van der Waals surface area contributed by atoms with Crippen molar-refractivity contribution in [3.63, 3.8) is 0 Å². The van der Waals surface area contributed by atoms with Gasteiger partial charge in [0.25, 0.3) is 0 Å². The number of carboxylic acids is 1. The number of aliphatic carboxylic acids is 1. The van der Waals surface area contributed by atoms with Crippen molar-refractivity contribution in [2.24, 2.45) is 5.73 Å². The Morgan fingerprint density at radius 1 is 1.47 bits per heavy atom. The van der Waals surface area contributed by atoms with Gasteiger partial charge in [0, 0.05) is 18.0 Å². The number of rotatable bonds is 3. The maximum absolute atomic E-state index is 10.9. The van der Waals surface area contributed by atoms with Gasteiger partial charge in [-0.05, 0) is 24.6 Å². The van der Waals surface area contributed by atoms with Gasteiger partial charge in [-0.25, -0.2) is 0 Å². The Balaban J connectivity index is 2.34. The van der Waals surface area contributed by atoms with Gasteiger partial charge in [0.2, 0.25) is 0 Å². The Labute approximate surface area is 99.1 Å². The monoisotopic (exact) mass is 230 g/mol. The lowest BCUT2D eigenvalue weighted by atomic mass is 9.94. The molecule has 0 saturated carbocycles. The minimum atomic E-state index is -1.26. The number of nitrogens with two attached hydrogens (primary N) is 1. The summed E-state index contributed by atoms with van der Waals surface area (Å²) in [5.41, 5.74) is 6.17. The molecule has 1 heterocycles. The highest BCUT2D eigenvalue weighted by atomic mass is 16.4. The molecule has 17 heavy (non-hydrogen) atoms. The van der Waals surface area contributed by atoms with Crippen LogP contribution in [0.25, 0.3) is 10.9 Å². The zero-order valence-corrected chi connectivity index (χ0v) is 9.55. The van der Waals surface area contributed by atoms with Crippen molar-refractivity contribution in [1.29, 1.82) is 0 Å². The quantitative estimate of drug-likeness (QED) is 0.839. The van der Waals surface area contributed by atoms with E-state index in [0.29, 0.717) is 0 Å². The first-order chi connectivity index (χ1) is 7.99. The molecule has 0 spiro atoms. The zero-order valence-electron chi connectivity index (χ0n) is 9.55. The van der Waals surface area contributed by atoms with Crippen molar-refractivity contribution < 1.29 is 9.90 Å². The van der Waals surface area contributed by atoms with Crippen LogP contribution in [0.4, 0.5) is 0 Å². The molecule has 1 atom stereocenters. The molecule has 0 radical (unpaired) electrons. The van der Waals surface area contributed by atoms with Crippen LogP contribution in [0.2, 0.25) is 0 Å². The maximum atomic E-state index is 10.9. The van der Waals surface area contributed by atoms with Crippen LogP contribution in [0.3, 0.4) is 0 Å². The van der Waals surface area contributed by atoms with Crippen LogP contribution in [0.5, 0.6) is 0 Å². The summed E-state index contributed by atoms with van der Waals surface area (Å²) in [4.78, 5) is 15.2. The van der Waals surface area contributed by atoms with Crippen molar-refractivity contribution in [3.8, 4) is 0 Å². The minimum absolute atomic E-state index is 0.264. The number of carbonyl (C=O) groups is 1. The highest BCUT2D eigenvalue weighted by molar-refractivity contribution is 5.80.